The Kier molecular flexibility index (Phi) is 6.11. The molecule has 1 saturated heterocycles. The van der Waals surface area contributed by atoms with E-state index in [0.29, 0.717) is 30.5 Å². The van der Waals surface area contributed by atoms with Crippen molar-refractivity contribution in [1.29, 1.82) is 0 Å². The summed E-state index contributed by atoms with van der Waals surface area (Å²) < 4.78 is 20.0. The predicted molar refractivity (Wildman–Crippen MR) is 107 cm³/mol. The fourth-order valence-corrected chi connectivity index (χ4v) is 3.55. The number of hydrogen-bond donors (Lipinski definition) is 2. The highest BCUT2D eigenvalue weighted by molar-refractivity contribution is 9.10. The number of rotatable bonds is 6. The molecule has 0 radical (unpaired) electrons. The third-order valence-electron chi connectivity index (χ3n) is 4.99. The van der Waals surface area contributed by atoms with Crippen molar-refractivity contribution in [2.24, 2.45) is 5.92 Å². The summed E-state index contributed by atoms with van der Waals surface area (Å²) in [4.78, 5) is 17.8. The Bertz CT molecular complexity index is 805. The summed E-state index contributed by atoms with van der Waals surface area (Å²) in [5, 5.41) is 6.66. The maximum absolute atomic E-state index is 13.8. The number of piperidine rings is 1. The van der Waals surface area contributed by atoms with E-state index in [4.69, 9.17) is 4.74 Å². The highest BCUT2D eigenvalue weighted by Crippen LogP contribution is 2.31. The molecule has 27 heavy (non-hydrogen) atoms. The van der Waals surface area contributed by atoms with Crippen molar-refractivity contribution < 1.29 is 13.9 Å². The van der Waals surface area contributed by atoms with Gasteiger partial charge in [-0.1, -0.05) is 6.92 Å². The van der Waals surface area contributed by atoms with Crippen LogP contribution in [-0.4, -0.2) is 36.5 Å². The maximum atomic E-state index is 13.8. The van der Waals surface area contributed by atoms with Gasteiger partial charge in [-0.2, -0.15) is 0 Å². The summed E-state index contributed by atoms with van der Waals surface area (Å²) in [5.41, 5.74) is -0.590. The highest BCUT2D eigenvalue weighted by Gasteiger charge is 2.42. The van der Waals surface area contributed by atoms with Gasteiger partial charge in [0.15, 0.2) is 5.78 Å². The number of anilines is 1. The van der Waals surface area contributed by atoms with Crippen LogP contribution >= 0.6 is 15.9 Å². The third kappa shape index (κ3) is 4.47. The molecule has 7 heteroatoms. The van der Waals surface area contributed by atoms with Crippen LogP contribution in [0, 0.1) is 11.7 Å². The Hall–Kier alpha value is -1.99. The molecule has 0 spiro atoms. The molecule has 5 nitrogen and oxygen atoms in total. The number of aromatic nitrogens is 1. The Labute approximate surface area is 166 Å². The van der Waals surface area contributed by atoms with Crippen LogP contribution in [0.2, 0.25) is 0 Å². The molecular formula is C20H23BrFN3O2. The molecule has 1 aliphatic heterocycles. The number of carbonyl (C=O) groups excluding carboxylic acids is 1. The number of halogens is 2. The first-order valence-corrected chi connectivity index (χ1v) is 9.71. The van der Waals surface area contributed by atoms with Crippen LogP contribution in [0.15, 0.2) is 41.0 Å². The zero-order valence-electron chi connectivity index (χ0n) is 15.4. The smallest absolute Gasteiger partial charge is 0.188 e. The molecular weight excluding hydrogens is 413 g/mol. The van der Waals surface area contributed by atoms with Crippen molar-refractivity contribution in [1.82, 2.24) is 10.3 Å². The molecule has 0 saturated carbocycles. The van der Waals surface area contributed by atoms with Crippen molar-refractivity contribution >= 4 is 27.5 Å². The SMILES string of the molecule is COc1ccc(F)cc1C(=O)[C@@]1(CNc2ccc(Br)cn2)CC[C@H](C)CN1. The minimum Gasteiger partial charge on any atom is -0.496 e. The van der Waals surface area contributed by atoms with Crippen LogP contribution in [0.4, 0.5) is 10.2 Å². The molecule has 0 aliphatic carbocycles. The lowest BCUT2D eigenvalue weighted by molar-refractivity contribution is 0.0803. The van der Waals surface area contributed by atoms with E-state index in [1.807, 2.05) is 12.1 Å². The first-order chi connectivity index (χ1) is 12.9. The first-order valence-electron chi connectivity index (χ1n) is 8.92. The molecule has 1 aliphatic rings. The lowest BCUT2D eigenvalue weighted by Crippen LogP contribution is -2.60. The summed E-state index contributed by atoms with van der Waals surface area (Å²) in [6.45, 7) is 3.22. The Morgan fingerprint density at radius 3 is 2.89 bits per heavy atom. The predicted octanol–water partition coefficient (Wildman–Crippen LogP) is 4.04. The molecule has 2 heterocycles. The molecule has 2 aromatic rings. The van der Waals surface area contributed by atoms with Gasteiger partial charge in [0.2, 0.25) is 0 Å². The summed E-state index contributed by atoms with van der Waals surface area (Å²) in [7, 11) is 1.48. The van der Waals surface area contributed by atoms with Crippen LogP contribution in [0.1, 0.15) is 30.1 Å². The van der Waals surface area contributed by atoms with E-state index in [1.165, 1.54) is 25.3 Å². The van der Waals surface area contributed by atoms with Gasteiger partial charge in [0.05, 0.1) is 18.2 Å². The number of ether oxygens (including phenoxy) is 1. The molecule has 0 bridgehead atoms. The van der Waals surface area contributed by atoms with Gasteiger partial charge < -0.3 is 15.4 Å². The zero-order chi connectivity index (χ0) is 19.4. The number of methoxy groups -OCH3 is 1. The van der Waals surface area contributed by atoms with Crippen LogP contribution in [-0.2, 0) is 0 Å². The normalized spacial score (nSPS) is 22.3. The molecule has 2 atom stereocenters. The molecule has 0 amide bonds. The van der Waals surface area contributed by atoms with Crippen LogP contribution in [0.3, 0.4) is 0 Å². The van der Waals surface area contributed by atoms with Crippen LogP contribution in [0.25, 0.3) is 0 Å². The van der Waals surface area contributed by atoms with Crippen molar-refractivity contribution in [2.45, 2.75) is 25.3 Å². The molecule has 1 aromatic heterocycles. The minimum absolute atomic E-state index is 0.171. The lowest BCUT2D eigenvalue weighted by atomic mass is 9.79. The minimum atomic E-state index is -0.845. The molecule has 144 valence electrons. The van der Waals surface area contributed by atoms with Crippen LogP contribution < -0.4 is 15.4 Å². The number of hydrogen-bond acceptors (Lipinski definition) is 5. The van der Waals surface area contributed by atoms with Gasteiger partial charge in [-0.25, -0.2) is 9.37 Å². The second-order valence-corrected chi connectivity index (χ2v) is 7.91. The number of nitrogens with zero attached hydrogens (tertiary/aromatic N) is 1. The number of benzene rings is 1. The highest BCUT2D eigenvalue weighted by atomic mass is 79.9. The number of carbonyl (C=O) groups is 1. The van der Waals surface area contributed by atoms with Gasteiger partial charge >= 0.3 is 0 Å². The van der Waals surface area contributed by atoms with E-state index in [-0.39, 0.29) is 11.3 Å². The molecule has 3 rings (SSSR count). The molecule has 1 fully saturated rings. The maximum Gasteiger partial charge on any atom is 0.188 e. The number of nitrogens with one attached hydrogen (secondary N) is 2. The fraction of sp³-hybridized carbons (Fsp3) is 0.400. The second-order valence-electron chi connectivity index (χ2n) is 7.00. The largest absolute Gasteiger partial charge is 0.496 e. The van der Waals surface area contributed by atoms with Gasteiger partial charge in [0, 0.05) is 17.2 Å². The van der Waals surface area contributed by atoms with Crippen molar-refractivity contribution in [3.8, 4) is 5.75 Å². The standard InChI is InChI=1S/C20H23BrFN3O2/c1-13-7-8-20(25-10-13,12-24-18-6-3-14(21)11-23-18)19(26)16-9-15(22)4-5-17(16)27-2/h3-6,9,11,13,25H,7-8,10,12H2,1-2H3,(H,23,24)/t13-,20-/m0/s1. The quantitative estimate of drug-likeness (QED) is 0.670. The average Bonchev–Trinajstić information content (AvgIpc) is 2.68. The zero-order valence-corrected chi connectivity index (χ0v) is 17.0. The Morgan fingerprint density at radius 1 is 1.44 bits per heavy atom. The second kappa shape index (κ2) is 8.35. The molecule has 1 aromatic carbocycles. The summed E-state index contributed by atoms with van der Waals surface area (Å²) in [5.74, 6) is 0.905. The fourth-order valence-electron chi connectivity index (χ4n) is 3.32. The molecule has 2 N–H and O–H groups in total. The Morgan fingerprint density at radius 2 is 2.26 bits per heavy atom. The van der Waals surface area contributed by atoms with E-state index in [1.54, 1.807) is 6.20 Å². The third-order valence-corrected chi connectivity index (χ3v) is 5.46. The van der Waals surface area contributed by atoms with E-state index in [0.717, 1.165) is 17.4 Å². The first kappa shape index (κ1) is 19.8. The number of Topliss-reactive ketones (excluding diaryl/α,β-unsaturated/α-hetero) is 1. The number of ketones is 1. The summed E-state index contributed by atoms with van der Waals surface area (Å²) in [6, 6.07) is 7.76. The Balaban J connectivity index is 1.89. The molecule has 0 unspecified atom stereocenters. The van der Waals surface area contributed by atoms with Gasteiger partial charge in [-0.15, -0.1) is 0 Å². The topological polar surface area (TPSA) is 63.2 Å². The van der Waals surface area contributed by atoms with Crippen molar-refractivity contribution in [3.63, 3.8) is 0 Å². The van der Waals surface area contributed by atoms with E-state index < -0.39 is 11.4 Å². The van der Waals surface area contributed by atoms with Gasteiger partial charge in [0.1, 0.15) is 17.4 Å². The van der Waals surface area contributed by atoms with Gasteiger partial charge in [0.25, 0.3) is 0 Å². The van der Waals surface area contributed by atoms with E-state index in [9.17, 15) is 9.18 Å². The number of pyridine rings is 1. The average molecular weight is 436 g/mol. The van der Waals surface area contributed by atoms with Crippen LogP contribution in [0.5, 0.6) is 5.75 Å². The van der Waals surface area contributed by atoms with Crippen molar-refractivity contribution in [3.05, 3.63) is 52.4 Å². The lowest BCUT2D eigenvalue weighted by Gasteiger charge is -2.39. The van der Waals surface area contributed by atoms with Crippen molar-refractivity contribution in [2.75, 3.05) is 25.5 Å². The monoisotopic (exact) mass is 435 g/mol. The van der Waals surface area contributed by atoms with Gasteiger partial charge in [-0.3, -0.25) is 4.79 Å². The van der Waals surface area contributed by atoms with E-state index in [2.05, 4.69) is 38.5 Å². The summed E-state index contributed by atoms with van der Waals surface area (Å²) >= 11 is 3.36. The summed E-state index contributed by atoms with van der Waals surface area (Å²) in [6.07, 6.45) is 3.25. The van der Waals surface area contributed by atoms with E-state index >= 15 is 0 Å². The van der Waals surface area contributed by atoms with Gasteiger partial charge in [-0.05, 0) is 71.6 Å².